The molecule has 2 aromatic heterocycles. The minimum atomic E-state index is 0.618. The summed E-state index contributed by atoms with van der Waals surface area (Å²) in [5.41, 5.74) is 0.940. The molecule has 2 fully saturated rings. The lowest BCUT2D eigenvalue weighted by Gasteiger charge is -2.25. The molecule has 0 bridgehead atoms. The van der Waals surface area contributed by atoms with E-state index in [9.17, 15) is 0 Å². The zero-order valence-corrected chi connectivity index (χ0v) is 11.8. The highest BCUT2D eigenvalue weighted by atomic mass is 15.3. The number of hydrogen-bond acceptors (Lipinski definition) is 4. The van der Waals surface area contributed by atoms with E-state index in [0.29, 0.717) is 5.92 Å². The maximum atomic E-state index is 4.60. The van der Waals surface area contributed by atoms with Gasteiger partial charge < -0.3 is 4.90 Å². The van der Waals surface area contributed by atoms with Crippen molar-refractivity contribution in [3.05, 3.63) is 18.2 Å². The molecule has 5 nitrogen and oxygen atoms in total. The molecule has 4 rings (SSSR count). The van der Waals surface area contributed by atoms with Crippen molar-refractivity contribution < 1.29 is 0 Å². The molecule has 1 aliphatic heterocycles. The van der Waals surface area contributed by atoms with Crippen molar-refractivity contribution in [2.24, 2.45) is 0 Å². The maximum absolute atomic E-state index is 4.60. The first kappa shape index (κ1) is 12.1. The Hall–Kier alpha value is -1.65. The third-order valence-corrected chi connectivity index (χ3v) is 4.43. The monoisotopic (exact) mass is 271 g/mol. The second-order valence-corrected chi connectivity index (χ2v) is 6.03. The number of hydrogen-bond donors (Lipinski definition) is 0. The summed E-state index contributed by atoms with van der Waals surface area (Å²) in [6.45, 7) is 2.19. The molecule has 0 aromatic carbocycles. The number of anilines is 1. The van der Waals surface area contributed by atoms with E-state index in [4.69, 9.17) is 0 Å². The summed E-state index contributed by atoms with van der Waals surface area (Å²) in [7, 11) is 0. The molecule has 0 unspecified atom stereocenters. The fourth-order valence-corrected chi connectivity index (χ4v) is 3.13. The number of rotatable bonds is 2. The Morgan fingerprint density at radius 2 is 1.70 bits per heavy atom. The maximum Gasteiger partial charge on any atom is 0.203 e. The van der Waals surface area contributed by atoms with Crippen molar-refractivity contribution in [2.45, 2.75) is 50.9 Å². The zero-order valence-electron chi connectivity index (χ0n) is 11.8. The summed E-state index contributed by atoms with van der Waals surface area (Å²) < 4.78 is 2.15. The van der Waals surface area contributed by atoms with E-state index >= 15 is 0 Å². The molecule has 1 aliphatic carbocycles. The van der Waals surface area contributed by atoms with Crippen molar-refractivity contribution in [1.29, 1.82) is 0 Å². The molecule has 3 heterocycles. The van der Waals surface area contributed by atoms with E-state index < -0.39 is 0 Å². The molecule has 0 atom stereocenters. The number of aromatic nitrogens is 4. The molecule has 20 heavy (non-hydrogen) atoms. The molecule has 0 spiro atoms. The van der Waals surface area contributed by atoms with Crippen molar-refractivity contribution >= 4 is 11.5 Å². The van der Waals surface area contributed by atoms with Crippen LogP contribution in [0, 0.1) is 0 Å². The summed E-state index contributed by atoms with van der Waals surface area (Å²) in [5, 5.41) is 8.82. The lowest BCUT2D eigenvalue weighted by molar-refractivity contribution is 0.554. The van der Waals surface area contributed by atoms with Crippen LogP contribution in [0.25, 0.3) is 5.65 Å². The average Bonchev–Trinajstić information content (AvgIpc) is 3.18. The van der Waals surface area contributed by atoms with Gasteiger partial charge in [-0.25, -0.2) is 4.98 Å². The molecule has 106 valence electrons. The van der Waals surface area contributed by atoms with Crippen LogP contribution in [0.4, 0.5) is 5.82 Å². The van der Waals surface area contributed by atoms with Crippen LogP contribution in [-0.4, -0.2) is 32.7 Å². The standard InChI is InChI=1S/C15H21N5/c1-2-4-9-19(10-5-3-1)14-15-18-17-13(12-6-7-12)20(15)11-8-16-14/h8,11-12H,1-7,9-10H2. The topological polar surface area (TPSA) is 46.3 Å². The van der Waals surface area contributed by atoms with Gasteiger partial charge in [0.05, 0.1) is 0 Å². The highest BCUT2D eigenvalue weighted by Gasteiger charge is 2.29. The smallest absolute Gasteiger partial charge is 0.203 e. The average molecular weight is 271 g/mol. The third-order valence-electron chi connectivity index (χ3n) is 4.43. The Labute approximate surface area is 119 Å². The first-order chi connectivity index (χ1) is 9.93. The van der Waals surface area contributed by atoms with E-state index in [1.165, 1.54) is 44.9 Å². The van der Waals surface area contributed by atoms with Gasteiger partial charge in [-0.2, -0.15) is 0 Å². The SMILES string of the molecule is c1cn2c(C3CC3)nnc2c(N2CCCCCCC2)n1. The largest absolute Gasteiger partial charge is 0.353 e. The number of fused-ring (bicyclic) bond motifs is 1. The van der Waals surface area contributed by atoms with Gasteiger partial charge in [0.15, 0.2) is 5.82 Å². The first-order valence-corrected chi connectivity index (χ1v) is 7.88. The van der Waals surface area contributed by atoms with E-state index in [1.807, 2.05) is 12.4 Å². The van der Waals surface area contributed by atoms with Crippen LogP contribution in [0.15, 0.2) is 12.4 Å². The Balaban J connectivity index is 1.70. The minimum absolute atomic E-state index is 0.618. The Bertz CT molecular complexity index is 593. The van der Waals surface area contributed by atoms with Crippen LogP contribution in [-0.2, 0) is 0 Å². The fraction of sp³-hybridized carbons (Fsp3) is 0.667. The van der Waals surface area contributed by atoms with Crippen LogP contribution >= 0.6 is 0 Å². The molecule has 0 N–H and O–H groups in total. The van der Waals surface area contributed by atoms with E-state index in [-0.39, 0.29) is 0 Å². The van der Waals surface area contributed by atoms with Gasteiger partial charge in [-0.15, -0.1) is 10.2 Å². The molecule has 2 aromatic rings. The molecule has 1 saturated carbocycles. The second-order valence-electron chi connectivity index (χ2n) is 6.03. The van der Waals surface area contributed by atoms with Crippen molar-refractivity contribution in [1.82, 2.24) is 19.6 Å². The van der Waals surface area contributed by atoms with Gasteiger partial charge >= 0.3 is 0 Å². The minimum Gasteiger partial charge on any atom is -0.353 e. The predicted octanol–water partition coefficient (Wildman–Crippen LogP) is 2.77. The summed E-state index contributed by atoms with van der Waals surface area (Å²) >= 11 is 0. The van der Waals surface area contributed by atoms with Crippen LogP contribution in [0.3, 0.4) is 0 Å². The van der Waals surface area contributed by atoms with Gasteiger partial charge in [-0.3, -0.25) is 4.40 Å². The van der Waals surface area contributed by atoms with Crippen molar-refractivity contribution in [3.63, 3.8) is 0 Å². The summed E-state index contributed by atoms with van der Waals surface area (Å²) in [4.78, 5) is 7.00. The van der Waals surface area contributed by atoms with Gasteiger partial charge in [0.2, 0.25) is 5.65 Å². The second kappa shape index (κ2) is 5.04. The lowest BCUT2D eigenvalue weighted by atomic mass is 10.1. The van der Waals surface area contributed by atoms with Gasteiger partial charge in [0.1, 0.15) is 5.82 Å². The van der Waals surface area contributed by atoms with Crippen LogP contribution in [0.5, 0.6) is 0 Å². The van der Waals surface area contributed by atoms with Gasteiger partial charge in [-0.05, 0) is 25.7 Å². The molecule has 2 aliphatic rings. The van der Waals surface area contributed by atoms with Crippen molar-refractivity contribution in [2.75, 3.05) is 18.0 Å². The first-order valence-electron chi connectivity index (χ1n) is 7.88. The van der Waals surface area contributed by atoms with Crippen LogP contribution < -0.4 is 4.90 Å². The normalized spacial score (nSPS) is 20.9. The Morgan fingerprint density at radius 1 is 0.950 bits per heavy atom. The van der Waals surface area contributed by atoms with Gasteiger partial charge in [0, 0.05) is 31.4 Å². The third kappa shape index (κ3) is 2.15. The molecular formula is C15H21N5. The molecule has 0 amide bonds. The van der Waals surface area contributed by atoms with E-state index in [1.54, 1.807) is 0 Å². The molecule has 5 heteroatoms. The number of nitrogens with zero attached hydrogens (tertiary/aromatic N) is 5. The highest BCUT2D eigenvalue weighted by molar-refractivity contribution is 5.64. The molecule has 1 saturated heterocycles. The van der Waals surface area contributed by atoms with Crippen molar-refractivity contribution in [3.8, 4) is 0 Å². The van der Waals surface area contributed by atoms with E-state index in [0.717, 1.165) is 30.4 Å². The van der Waals surface area contributed by atoms with E-state index in [2.05, 4.69) is 24.5 Å². The quantitative estimate of drug-likeness (QED) is 0.842. The molecule has 0 radical (unpaired) electrons. The van der Waals surface area contributed by atoms with Gasteiger partial charge in [0.25, 0.3) is 0 Å². The van der Waals surface area contributed by atoms with Crippen LogP contribution in [0.2, 0.25) is 0 Å². The summed E-state index contributed by atoms with van der Waals surface area (Å²) in [6.07, 6.45) is 13.0. The highest BCUT2D eigenvalue weighted by Crippen LogP contribution is 2.39. The summed E-state index contributed by atoms with van der Waals surface area (Å²) in [5.74, 6) is 2.76. The predicted molar refractivity (Wildman–Crippen MR) is 78.1 cm³/mol. The molecular weight excluding hydrogens is 250 g/mol. The lowest BCUT2D eigenvalue weighted by Crippen LogP contribution is -2.28. The Morgan fingerprint density at radius 3 is 2.45 bits per heavy atom. The zero-order chi connectivity index (χ0) is 13.4. The summed E-state index contributed by atoms with van der Waals surface area (Å²) in [6, 6.07) is 0. The fourth-order valence-electron chi connectivity index (χ4n) is 3.13. The van der Waals surface area contributed by atoms with Gasteiger partial charge in [-0.1, -0.05) is 19.3 Å². The van der Waals surface area contributed by atoms with Crippen LogP contribution in [0.1, 0.15) is 56.7 Å². The Kier molecular flexibility index (Phi) is 3.05.